The fourth-order valence-corrected chi connectivity index (χ4v) is 2.82. The highest BCUT2D eigenvalue weighted by Gasteiger charge is 2.23. The van der Waals surface area contributed by atoms with Crippen LogP contribution in [0.15, 0.2) is 60.7 Å². The number of hydrogen-bond donors (Lipinski definition) is 2. The molecule has 0 aromatic heterocycles. The summed E-state index contributed by atoms with van der Waals surface area (Å²) in [6.45, 7) is 1.69. The third-order valence-electron chi connectivity index (χ3n) is 4.18. The molecule has 0 bridgehead atoms. The van der Waals surface area contributed by atoms with E-state index in [9.17, 15) is 9.59 Å². The van der Waals surface area contributed by atoms with Crippen LogP contribution in [0.5, 0.6) is 5.75 Å². The molecule has 4 rings (SSSR count). The molecule has 124 valence electrons. The standard InChI is InChI=1S/C20H16N2O3/c1-12-19(23)22-17-11-16(8-9-18(17)25-12)21-20(24)15-7-6-13-4-2-3-5-14(13)10-15/h2-12H,1H3,(H,21,24)(H,22,23)/t12-/m0/s1. The van der Waals surface area contributed by atoms with Gasteiger partial charge in [0.2, 0.25) is 0 Å². The lowest BCUT2D eigenvalue weighted by Gasteiger charge is -2.23. The number of carbonyl (C=O) groups is 2. The highest BCUT2D eigenvalue weighted by atomic mass is 16.5. The van der Waals surface area contributed by atoms with Crippen LogP contribution in [-0.2, 0) is 4.79 Å². The van der Waals surface area contributed by atoms with E-state index >= 15 is 0 Å². The lowest BCUT2D eigenvalue weighted by Crippen LogP contribution is -2.34. The number of anilines is 2. The normalized spacial score (nSPS) is 15.9. The molecule has 25 heavy (non-hydrogen) atoms. The minimum absolute atomic E-state index is 0.203. The van der Waals surface area contributed by atoms with Gasteiger partial charge in [-0.3, -0.25) is 9.59 Å². The van der Waals surface area contributed by atoms with Crippen LogP contribution in [-0.4, -0.2) is 17.9 Å². The number of fused-ring (bicyclic) bond motifs is 2. The van der Waals surface area contributed by atoms with Crippen molar-refractivity contribution in [1.82, 2.24) is 0 Å². The number of carbonyl (C=O) groups excluding carboxylic acids is 2. The largest absolute Gasteiger partial charge is 0.479 e. The average molecular weight is 332 g/mol. The minimum atomic E-state index is -0.523. The summed E-state index contributed by atoms with van der Waals surface area (Å²) in [6, 6.07) is 18.6. The van der Waals surface area contributed by atoms with Gasteiger partial charge in [-0.15, -0.1) is 0 Å². The topological polar surface area (TPSA) is 67.4 Å². The summed E-state index contributed by atoms with van der Waals surface area (Å²) < 4.78 is 5.51. The second-order valence-electron chi connectivity index (χ2n) is 5.98. The SMILES string of the molecule is C[C@@H]1Oc2ccc(NC(=O)c3ccc4ccccc4c3)cc2NC1=O. The molecule has 0 spiro atoms. The molecule has 5 heteroatoms. The summed E-state index contributed by atoms with van der Waals surface area (Å²) in [5.41, 5.74) is 1.72. The fourth-order valence-electron chi connectivity index (χ4n) is 2.82. The Labute approximate surface area is 144 Å². The molecule has 1 aliphatic heterocycles. The molecule has 1 atom stereocenters. The maximum atomic E-state index is 12.5. The van der Waals surface area contributed by atoms with Crippen molar-refractivity contribution in [3.8, 4) is 5.75 Å². The summed E-state index contributed by atoms with van der Waals surface area (Å²) in [5, 5.41) is 7.72. The molecule has 1 aliphatic rings. The Morgan fingerprint density at radius 1 is 1.04 bits per heavy atom. The van der Waals surface area contributed by atoms with Crippen molar-refractivity contribution in [2.45, 2.75) is 13.0 Å². The maximum absolute atomic E-state index is 12.5. The van der Waals surface area contributed by atoms with E-state index in [0.717, 1.165) is 10.8 Å². The molecule has 5 nitrogen and oxygen atoms in total. The van der Waals surface area contributed by atoms with Gasteiger partial charge in [0.1, 0.15) is 5.75 Å². The Hall–Kier alpha value is -3.34. The van der Waals surface area contributed by atoms with Gasteiger partial charge in [0, 0.05) is 11.3 Å². The summed E-state index contributed by atoms with van der Waals surface area (Å²) >= 11 is 0. The van der Waals surface area contributed by atoms with Crippen LogP contribution in [0.1, 0.15) is 17.3 Å². The number of amides is 2. The van der Waals surface area contributed by atoms with Crippen molar-refractivity contribution in [2.75, 3.05) is 10.6 Å². The van der Waals surface area contributed by atoms with E-state index in [4.69, 9.17) is 4.74 Å². The lowest BCUT2D eigenvalue weighted by molar-refractivity contribution is -0.122. The van der Waals surface area contributed by atoms with Gasteiger partial charge in [-0.25, -0.2) is 0 Å². The zero-order chi connectivity index (χ0) is 17.4. The zero-order valence-corrected chi connectivity index (χ0v) is 13.6. The molecule has 0 unspecified atom stereocenters. The molecule has 2 N–H and O–H groups in total. The zero-order valence-electron chi connectivity index (χ0n) is 13.6. The number of nitrogens with one attached hydrogen (secondary N) is 2. The molecular weight excluding hydrogens is 316 g/mol. The minimum Gasteiger partial charge on any atom is -0.479 e. The van der Waals surface area contributed by atoms with Crippen LogP contribution < -0.4 is 15.4 Å². The molecule has 0 saturated heterocycles. The first-order chi connectivity index (χ1) is 12.1. The molecule has 3 aromatic carbocycles. The third kappa shape index (κ3) is 2.92. The first kappa shape index (κ1) is 15.2. The van der Waals surface area contributed by atoms with Crippen LogP contribution in [0.25, 0.3) is 10.8 Å². The molecule has 3 aromatic rings. The summed E-state index contributed by atoms with van der Waals surface area (Å²) in [6.07, 6.45) is -0.523. The second-order valence-corrected chi connectivity index (χ2v) is 5.98. The predicted molar refractivity (Wildman–Crippen MR) is 97.1 cm³/mol. The van der Waals surface area contributed by atoms with Gasteiger partial charge in [0.05, 0.1) is 5.69 Å². The van der Waals surface area contributed by atoms with Gasteiger partial charge < -0.3 is 15.4 Å². The van der Waals surface area contributed by atoms with E-state index in [1.54, 1.807) is 31.2 Å². The smallest absolute Gasteiger partial charge is 0.265 e. The van der Waals surface area contributed by atoms with Crippen LogP contribution in [0, 0.1) is 0 Å². The van der Waals surface area contributed by atoms with Crippen molar-refractivity contribution in [1.29, 1.82) is 0 Å². The Morgan fingerprint density at radius 3 is 2.68 bits per heavy atom. The third-order valence-corrected chi connectivity index (χ3v) is 4.18. The van der Waals surface area contributed by atoms with Crippen molar-refractivity contribution in [3.63, 3.8) is 0 Å². The van der Waals surface area contributed by atoms with Crippen molar-refractivity contribution in [2.24, 2.45) is 0 Å². The molecule has 0 fully saturated rings. The van der Waals surface area contributed by atoms with Crippen molar-refractivity contribution < 1.29 is 14.3 Å². The van der Waals surface area contributed by atoms with Gasteiger partial charge in [-0.1, -0.05) is 30.3 Å². The van der Waals surface area contributed by atoms with Gasteiger partial charge >= 0.3 is 0 Å². The Bertz CT molecular complexity index is 997. The number of rotatable bonds is 2. The molecular formula is C20H16N2O3. The summed E-state index contributed by atoms with van der Waals surface area (Å²) in [7, 11) is 0. The number of hydrogen-bond acceptors (Lipinski definition) is 3. The summed E-state index contributed by atoms with van der Waals surface area (Å²) in [5.74, 6) is 0.184. The Morgan fingerprint density at radius 2 is 1.84 bits per heavy atom. The first-order valence-electron chi connectivity index (χ1n) is 8.02. The number of benzene rings is 3. The van der Waals surface area contributed by atoms with Gasteiger partial charge in [-0.2, -0.15) is 0 Å². The molecule has 0 aliphatic carbocycles. The quantitative estimate of drug-likeness (QED) is 0.750. The highest BCUT2D eigenvalue weighted by Crippen LogP contribution is 2.32. The monoisotopic (exact) mass is 332 g/mol. The average Bonchev–Trinajstić information content (AvgIpc) is 2.62. The van der Waals surface area contributed by atoms with E-state index < -0.39 is 6.10 Å². The molecule has 0 saturated carbocycles. The maximum Gasteiger partial charge on any atom is 0.265 e. The van der Waals surface area contributed by atoms with Crippen LogP contribution in [0.4, 0.5) is 11.4 Å². The van der Waals surface area contributed by atoms with Crippen LogP contribution >= 0.6 is 0 Å². The van der Waals surface area contributed by atoms with Gasteiger partial charge in [0.15, 0.2) is 6.10 Å². The van der Waals surface area contributed by atoms with E-state index in [1.165, 1.54) is 0 Å². The summed E-state index contributed by atoms with van der Waals surface area (Å²) in [4.78, 5) is 24.2. The van der Waals surface area contributed by atoms with Crippen molar-refractivity contribution in [3.05, 3.63) is 66.2 Å². The highest BCUT2D eigenvalue weighted by molar-refractivity contribution is 6.07. The second kappa shape index (κ2) is 5.94. The molecule has 1 heterocycles. The fraction of sp³-hybridized carbons (Fsp3) is 0.100. The predicted octanol–water partition coefficient (Wildman–Crippen LogP) is 3.81. The number of ether oxygens (including phenoxy) is 1. The Balaban J connectivity index is 1.58. The molecule has 2 amide bonds. The Kier molecular flexibility index (Phi) is 3.61. The van der Waals surface area contributed by atoms with Crippen LogP contribution in [0.2, 0.25) is 0 Å². The van der Waals surface area contributed by atoms with Gasteiger partial charge in [-0.05, 0) is 48.0 Å². The van der Waals surface area contributed by atoms with Crippen molar-refractivity contribution >= 4 is 34.0 Å². The first-order valence-corrected chi connectivity index (χ1v) is 8.02. The van der Waals surface area contributed by atoms with Gasteiger partial charge in [0.25, 0.3) is 11.8 Å². The van der Waals surface area contributed by atoms with E-state index in [-0.39, 0.29) is 11.8 Å². The van der Waals surface area contributed by atoms with E-state index in [2.05, 4.69) is 10.6 Å². The van der Waals surface area contributed by atoms with Crippen LogP contribution in [0.3, 0.4) is 0 Å². The lowest BCUT2D eigenvalue weighted by atomic mass is 10.1. The van der Waals surface area contributed by atoms with E-state index in [1.807, 2.05) is 36.4 Å². The van der Waals surface area contributed by atoms with E-state index in [0.29, 0.717) is 22.7 Å². The molecule has 0 radical (unpaired) electrons.